The molecule has 0 bridgehead atoms. The second kappa shape index (κ2) is 12.9. The molecule has 2 aromatic heterocycles. The van der Waals surface area contributed by atoms with Crippen LogP contribution in [-0.4, -0.2) is 15.0 Å². The number of hydrogen-bond donors (Lipinski definition) is 0. The van der Waals surface area contributed by atoms with E-state index in [1.54, 1.807) is 0 Å². The summed E-state index contributed by atoms with van der Waals surface area (Å²) in [7, 11) is 0. The fraction of sp³-hybridized carbons (Fsp3) is 0. The first-order chi connectivity index (χ1) is 26.2. The van der Waals surface area contributed by atoms with Crippen LogP contribution in [0.5, 0.6) is 0 Å². The molecule has 0 atom stereocenters. The number of aromatic nitrogens is 3. The lowest BCUT2D eigenvalue weighted by molar-refractivity contribution is 0.672. The van der Waals surface area contributed by atoms with Crippen LogP contribution >= 0.6 is 0 Å². The SMILES string of the molecule is c1ccc(-c2cc(-c3ccccc3)cc(-c3ccc(-c4nc(-c5ccccc5)nc(-c5cc6c7ccccc7oc6c6ccccc56)n4)cc3)c2)cc1. The van der Waals surface area contributed by atoms with Crippen molar-refractivity contribution in [3.63, 3.8) is 0 Å². The zero-order valence-corrected chi connectivity index (χ0v) is 28.6. The van der Waals surface area contributed by atoms with E-state index < -0.39 is 0 Å². The number of nitrogens with zero attached hydrogens (tertiary/aromatic N) is 3. The molecule has 4 nitrogen and oxygen atoms in total. The van der Waals surface area contributed by atoms with Crippen LogP contribution in [0.3, 0.4) is 0 Å². The Bertz CT molecular complexity index is 2860. The molecule has 2 heterocycles. The molecule has 0 amide bonds. The van der Waals surface area contributed by atoms with Crippen LogP contribution in [-0.2, 0) is 0 Å². The van der Waals surface area contributed by atoms with Crippen molar-refractivity contribution in [2.75, 3.05) is 0 Å². The van der Waals surface area contributed by atoms with Crippen LogP contribution < -0.4 is 0 Å². The number of benzene rings is 8. The molecule has 0 radical (unpaired) electrons. The minimum absolute atomic E-state index is 0.615. The van der Waals surface area contributed by atoms with E-state index >= 15 is 0 Å². The number of para-hydroxylation sites is 1. The smallest absolute Gasteiger partial charge is 0.164 e. The first-order valence-corrected chi connectivity index (χ1v) is 17.8. The summed E-state index contributed by atoms with van der Waals surface area (Å²) in [4.78, 5) is 15.3. The van der Waals surface area contributed by atoms with E-state index in [-0.39, 0.29) is 0 Å². The molecule has 10 rings (SSSR count). The standard InChI is InChI=1S/C49H31N3O/c1-4-14-32(15-5-1)37-28-38(33-16-6-2-7-17-33)30-39(29-37)34-24-26-36(27-25-34)48-50-47(35-18-8-3-9-19-35)51-49(52-48)44-31-43-41-21-12-13-23-45(41)53-46(43)42-22-11-10-20-40(42)44/h1-31H. The Labute approximate surface area is 306 Å². The Morgan fingerprint density at radius 2 is 0.698 bits per heavy atom. The maximum atomic E-state index is 6.40. The molecule has 53 heavy (non-hydrogen) atoms. The van der Waals surface area contributed by atoms with Crippen LogP contribution in [0.15, 0.2) is 192 Å². The van der Waals surface area contributed by atoms with Gasteiger partial charge in [-0.1, -0.05) is 158 Å². The van der Waals surface area contributed by atoms with Crippen molar-refractivity contribution < 1.29 is 4.42 Å². The van der Waals surface area contributed by atoms with E-state index in [1.165, 1.54) is 22.3 Å². The zero-order chi connectivity index (χ0) is 35.1. The molecule has 10 aromatic rings. The molecule has 0 N–H and O–H groups in total. The van der Waals surface area contributed by atoms with Gasteiger partial charge in [0.25, 0.3) is 0 Å². The molecule has 4 heteroatoms. The Hall–Kier alpha value is -7.17. The van der Waals surface area contributed by atoms with Gasteiger partial charge < -0.3 is 4.42 Å². The molecule has 0 spiro atoms. The van der Waals surface area contributed by atoms with Crippen LogP contribution in [0, 0.1) is 0 Å². The minimum Gasteiger partial charge on any atom is -0.455 e. The van der Waals surface area contributed by atoms with Gasteiger partial charge in [0.05, 0.1) is 0 Å². The Kier molecular flexibility index (Phi) is 7.43. The second-order valence-electron chi connectivity index (χ2n) is 13.2. The molecular formula is C49H31N3O. The molecule has 0 saturated carbocycles. The monoisotopic (exact) mass is 677 g/mol. The first kappa shape index (κ1) is 30.6. The number of furan rings is 1. The average molecular weight is 678 g/mol. The van der Waals surface area contributed by atoms with Crippen LogP contribution in [0.2, 0.25) is 0 Å². The lowest BCUT2D eigenvalue weighted by atomic mass is 9.93. The highest BCUT2D eigenvalue weighted by Gasteiger charge is 2.19. The van der Waals surface area contributed by atoms with Gasteiger partial charge in [-0.3, -0.25) is 0 Å². The van der Waals surface area contributed by atoms with Gasteiger partial charge in [0.1, 0.15) is 11.2 Å². The summed E-state index contributed by atoms with van der Waals surface area (Å²) in [5.74, 6) is 1.85. The molecule has 0 aliphatic carbocycles. The van der Waals surface area contributed by atoms with Gasteiger partial charge in [0.15, 0.2) is 17.5 Å². The number of fused-ring (bicyclic) bond motifs is 5. The van der Waals surface area contributed by atoms with Gasteiger partial charge >= 0.3 is 0 Å². The minimum atomic E-state index is 0.615. The molecule has 0 fully saturated rings. The lowest BCUT2D eigenvalue weighted by Gasteiger charge is -2.13. The maximum absolute atomic E-state index is 6.40. The second-order valence-corrected chi connectivity index (χ2v) is 13.2. The number of rotatable bonds is 6. The van der Waals surface area contributed by atoms with E-state index in [0.29, 0.717) is 17.5 Å². The van der Waals surface area contributed by atoms with Gasteiger partial charge in [0, 0.05) is 32.8 Å². The molecule has 0 unspecified atom stereocenters. The van der Waals surface area contributed by atoms with Crippen molar-refractivity contribution in [3.8, 4) is 67.5 Å². The molecule has 0 saturated heterocycles. The lowest BCUT2D eigenvalue weighted by Crippen LogP contribution is -2.00. The summed E-state index contributed by atoms with van der Waals surface area (Å²) >= 11 is 0. The third-order valence-electron chi connectivity index (χ3n) is 9.92. The summed E-state index contributed by atoms with van der Waals surface area (Å²) in [5, 5.41) is 4.15. The first-order valence-electron chi connectivity index (χ1n) is 17.8. The third kappa shape index (κ3) is 5.63. The normalized spacial score (nSPS) is 11.4. The highest BCUT2D eigenvalue weighted by Crippen LogP contribution is 2.40. The zero-order valence-electron chi connectivity index (χ0n) is 28.6. The van der Waals surface area contributed by atoms with Crippen molar-refractivity contribution in [1.82, 2.24) is 15.0 Å². The van der Waals surface area contributed by atoms with E-state index in [2.05, 4.69) is 133 Å². The van der Waals surface area contributed by atoms with Gasteiger partial charge in [-0.05, 0) is 69.1 Å². The largest absolute Gasteiger partial charge is 0.455 e. The number of hydrogen-bond acceptors (Lipinski definition) is 4. The topological polar surface area (TPSA) is 51.8 Å². The summed E-state index contributed by atoms with van der Waals surface area (Å²) in [6.45, 7) is 0. The average Bonchev–Trinajstić information content (AvgIpc) is 3.63. The predicted octanol–water partition coefficient (Wildman–Crippen LogP) is 12.9. The van der Waals surface area contributed by atoms with Crippen molar-refractivity contribution in [2.24, 2.45) is 0 Å². The van der Waals surface area contributed by atoms with Crippen LogP contribution in [0.1, 0.15) is 0 Å². The van der Waals surface area contributed by atoms with Crippen molar-refractivity contribution in [1.29, 1.82) is 0 Å². The quantitative estimate of drug-likeness (QED) is 0.176. The molecular weight excluding hydrogens is 647 g/mol. The Balaban J connectivity index is 1.12. The van der Waals surface area contributed by atoms with Gasteiger partial charge in [-0.2, -0.15) is 0 Å². The maximum Gasteiger partial charge on any atom is 0.164 e. The molecule has 8 aromatic carbocycles. The van der Waals surface area contributed by atoms with Crippen LogP contribution in [0.4, 0.5) is 0 Å². The van der Waals surface area contributed by atoms with E-state index in [0.717, 1.165) is 60.5 Å². The van der Waals surface area contributed by atoms with Crippen molar-refractivity contribution in [2.45, 2.75) is 0 Å². The fourth-order valence-corrected chi connectivity index (χ4v) is 7.27. The highest BCUT2D eigenvalue weighted by molar-refractivity contribution is 6.18. The molecule has 248 valence electrons. The highest BCUT2D eigenvalue weighted by atomic mass is 16.3. The molecule has 0 aliphatic heterocycles. The Morgan fingerprint density at radius 3 is 1.28 bits per heavy atom. The Morgan fingerprint density at radius 1 is 0.283 bits per heavy atom. The molecule has 0 aliphatic rings. The van der Waals surface area contributed by atoms with E-state index in [4.69, 9.17) is 19.4 Å². The van der Waals surface area contributed by atoms with Gasteiger partial charge in [-0.25, -0.2) is 15.0 Å². The summed E-state index contributed by atoms with van der Waals surface area (Å²) < 4.78 is 6.40. The van der Waals surface area contributed by atoms with Crippen molar-refractivity contribution >= 4 is 32.7 Å². The summed E-state index contributed by atoms with van der Waals surface area (Å²) in [5.41, 5.74) is 11.5. The van der Waals surface area contributed by atoms with Crippen LogP contribution in [0.25, 0.3) is 100 Å². The van der Waals surface area contributed by atoms with Gasteiger partial charge in [0.2, 0.25) is 0 Å². The summed E-state index contributed by atoms with van der Waals surface area (Å²) in [6, 6.07) is 65.3. The fourth-order valence-electron chi connectivity index (χ4n) is 7.27. The van der Waals surface area contributed by atoms with E-state index in [1.807, 2.05) is 54.6 Å². The third-order valence-corrected chi connectivity index (χ3v) is 9.92. The van der Waals surface area contributed by atoms with E-state index in [9.17, 15) is 0 Å². The van der Waals surface area contributed by atoms with Gasteiger partial charge in [-0.15, -0.1) is 0 Å². The summed E-state index contributed by atoms with van der Waals surface area (Å²) in [6.07, 6.45) is 0. The predicted molar refractivity (Wildman–Crippen MR) is 217 cm³/mol. The van der Waals surface area contributed by atoms with Crippen molar-refractivity contribution in [3.05, 3.63) is 188 Å².